The van der Waals surface area contributed by atoms with E-state index in [4.69, 9.17) is 4.74 Å². The first-order chi connectivity index (χ1) is 11.4. The quantitative estimate of drug-likeness (QED) is 0.668. The number of ether oxygens (including phenoxy) is 1. The van der Waals surface area contributed by atoms with Crippen molar-refractivity contribution >= 4 is 15.9 Å². The Morgan fingerprint density at radius 1 is 1.24 bits per heavy atom. The van der Waals surface area contributed by atoms with Gasteiger partial charge in [-0.25, -0.2) is 13.2 Å². The van der Waals surface area contributed by atoms with Crippen molar-refractivity contribution in [2.75, 3.05) is 12.8 Å². The molecule has 0 aliphatic rings. The summed E-state index contributed by atoms with van der Waals surface area (Å²) in [4.78, 5) is 11.5. The van der Waals surface area contributed by atoms with Crippen molar-refractivity contribution in [1.29, 1.82) is 0 Å². The molecule has 1 amide bonds. The Morgan fingerprint density at radius 3 is 2.40 bits per heavy atom. The van der Waals surface area contributed by atoms with Gasteiger partial charge in [0.1, 0.15) is 11.7 Å². The van der Waals surface area contributed by atoms with E-state index in [1.54, 1.807) is 45.0 Å². The van der Waals surface area contributed by atoms with Crippen molar-refractivity contribution in [3.63, 3.8) is 0 Å². The fourth-order valence-corrected chi connectivity index (χ4v) is 3.07. The summed E-state index contributed by atoms with van der Waals surface area (Å²) in [5, 5.41) is 23.0. The number of aliphatic hydroxyl groups is 2. The van der Waals surface area contributed by atoms with Gasteiger partial charge in [-0.15, -0.1) is 0 Å². The molecule has 0 aromatic heterocycles. The number of sulfone groups is 1. The fourth-order valence-electron chi connectivity index (χ4n) is 2.24. The maximum Gasteiger partial charge on any atom is 0.407 e. The van der Waals surface area contributed by atoms with Gasteiger partial charge in [0, 0.05) is 12.8 Å². The second-order valence-corrected chi connectivity index (χ2v) is 9.14. The Hall–Kier alpha value is -1.64. The van der Waals surface area contributed by atoms with Gasteiger partial charge in [-0.05, 0) is 38.3 Å². The van der Waals surface area contributed by atoms with Crippen molar-refractivity contribution in [3.8, 4) is 0 Å². The van der Waals surface area contributed by atoms with E-state index in [0.29, 0.717) is 11.1 Å². The molecular formula is C17H27NO6S. The molecule has 0 heterocycles. The van der Waals surface area contributed by atoms with E-state index in [-0.39, 0.29) is 18.7 Å². The summed E-state index contributed by atoms with van der Waals surface area (Å²) in [7, 11) is -3.27. The highest BCUT2D eigenvalue weighted by Crippen LogP contribution is 2.24. The van der Waals surface area contributed by atoms with Crippen molar-refractivity contribution in [2.24, 2.45) is 0 Å². The van der Waals surface area contributed by atoms with Crippen LogP contribution in [0.15, 0.2) is 24.3 Å². The normalized spacial score (nSPS) is 14.6. The topological polar surface area (TPSA) is 113 Å². The third-order valence-corrected chi connectivity index (χ3v) is 4.10. The maximum atomic E-state index is 11.5. The number of amides is 1. The van der Waals surface area contributed by atoms with Gasteiger partial charge in [-0.2, -0.15) is 0 Å². The lowest BCUT2D eigenvalue weighted by Gasteiger charge is -2.22. The largest absolute Gasteiger partial charge is 0.444 e. The lowest BCUT2D eigenvalue weighted by atomic mass is 9.98. The lowest BCUT2D eigenvalue weighted by Crippen LogP contribution is -2.34. The molecule has 0 fully saturated rings. The molecule has 25 heavy (non-hydrogen) atoms. The zero-order valence-corrected chi connectivity index (χ0v) is 15.8. The average Bonchev–Trinajstić information content (AvgIpc) is 2.43. The molecule has 2 atom stereocenters. The van der Waals surface area contributed by atoms with Gasteiger partial charge in [0.05, 0.1) is 11.9 Å². The molecule has 8 heteroatoms. The minimum absolute atomic E-state index is 0.0909. The first-order valence-electron chi connectivity index (χ1n) is 7.97. The van der Waals surface area contributed by atoms with Crippen LogP contribution in [-0.4, -0.2) is 49.2 Å². The maximum absolute atomic E-state index is 11.5. The molecule has 0 saturated carbocycles. The van der Waals surface area contributed by atoms with Gasteiger partial charge in [0.25, 0.3) is 0 Å². The van der Waals surface area contributed by atoms with Crippen LogP contribution in [0.3, 0.4) is 0 Å². The van der Waals surface area contributed by atoms with Crippen LogP contribution in [0.5, 0.6) is 0 Å². The molecule has 2 unspecified atom stereocenters. The SMILES string of the molecule is CC(C)(C)OC(=O)NCCC(O)C(O)c1ccccc1CS(C)(=O)=O. The molecule has 0 aliphatic heterocycles. The molecule has 1 aromatic carbocycles. The van der Waals surface area contributed by atoms with Gasteiger partial charge >= 0.3 is 6.09 Å². The van der Waals surface area contributed by atoms with Crippen LogP contribution >= 0.6 is 0 Å². The molecule has 1 aromatic rings. The number of hydrogen-bond acceptors (Lipinski definition) is 6. The highest BCUT2D eigenvalue weighted by atomic mass is 32.2. The average molecular weight is 373 g/mol. The standard InChI is InChI=1S/C17H27NO6S/c1-17(2,3)24-16(21)18-10-9-14(19)15(20)13-8-6-5-7-12(13)11-25(4,22)23/h5-8,14-15,19-20H,9-11H2,1-4H3,(H,18,21). The molecule has 0 spiro atoms. The summed E-state index contributed by atoms with van der Waals surface area (Å²) in [6, 6.07) is 6.52. The number of carbonyl (C=O) groups excluding carboxylic acids is 1. The van der Waals surface area contributed by atoms with Crippen molar-refractivity contribution in [3.05, 3.63) is 35.4 Å². The van der Waals surface area contributed by atoms with Gasteiger partial charge in [-0.3, -0.25) is 0 Å². The second kappa shape index (κ2) is 8.64. The van der Waals surface area contributed by atoms with Crippen LogP contribution in [0.2, 0.25) is 0 Å². The molecule has 142 valence electrons. The molecule has 0 radical (unpaired) electrons. The van der Waals surface area contributed by atoms with Crippen LogP contribution in [0.1, 0.15) is 44.4 Å². The van der Waals surface area contributed by atoms with E-state index >= 15 is 0 Å². The summed E-state index contributed by atoms with van der Waals surface area (Å²) in [6.45, 7) is 5.33. The summed E-state index contributed by atoms with van der Waals surface area (Å²) < 4.78 is 28.1. The molecule has 7 nitrogen and oxygen atoms in total. The zero-order valence-electron chi connectivity index (χ0n) is 15.0. The van der Waals surface area contributed by atoms with Gasteiger partial charge < -0.3 is 20.3 Å². The van der Waals surface area contributed by atoms with E-state index in [1.807, 2.05) is 0 Å². The molecule has 0 saturated heterocycles. The van der Waals surface area contributed by atoms with E-state index in [0.717, 1.165) is 6.26 Å². The van der Waals surface area contributed by atoms with Crippen LogP contribution in [0, 0.1) is 0 Å². The number of aliphatic hydroxyl groups excluding tert-OH is 2. The van der Waals surface area contributed by atoms with Gasteiger partial charge in [-0.1, -0.05) is 24.3 Å². The predicted octanol–water partition coefficient (Wildman–Crippen LogP) is 1.54. The van der Waals surface area contributed by atoms with Gasteiger partial charge in [0.15, 0.2) is 9.84 Å². The Kier molecular flexibility index (Phi) is 7.40. The van der Waals surface area contributed by atoms with E-state index < -0.39 is 33.7 Å². The monoisotopic (exact) mass is 373 g/mol. The summed E-state index contributed by atoms with van der Waals surface area (Å²) in [5.41, 5.74) is 0.182. The Balaban J connectivity index is 2.65. The zero-order chi connectivity index (χ0) is 19.3. The first kappa shape index (κ1) is 21.4. The van der Waals surface area contributed by atoms with Crippen molar-refractivity contribution < 1.29 is 28.2 Å². The molecule has 1 rings (SSSR count). The Bertz CT molecular complexity index is 681. The van der Waals surface area contributed by atoms with E-state index in [9.17, 15) is 23.4 Å². The minimum Gasteiger partial charge on any atom is -0.444 e. The predicted molar refractivity (Wildman–Crippen MR) is 94.8 cm³/mol. The summed E-state index contributed by atoms with van der Waals surface area (Å²) in [5.74, 6) is -0.219. The smallest absolute Gasteiger partial charge is 0.407 e. The van der Waals surface area contributed by atoms with Crippen LogP contribution in [0.25, 0.3) is 0 Å². The number of hydrogen-bond donors (Lipinski definition) is 3. The fraction of sp³-hybridized carbons (Fsp3) is 0.588. The lowest BCUT2D eigenvalue weighted by molar-refractivity contribution is 0.0119. The van der Waals surface area contributed by atoms with Crippen molar-refractivity contribution in [1.82, 2.24) is 5.32 Å². The molecular weight excluding hydrogens is 346 g/mol. The number of alkyl carbamates (subject to hydrolysis) is 1. The first-order valence-corrected chi connectivity index (χ1v) is 10.0. The Labute approximate surface area is 148 Å². The molecule has 0 bridgehead atoms. The third kappa shape index (κ3) is 8.33. The molecule has 3 N–H and O–H groups in total. The third-order valence-electron chi connectivity index (χ3n) is 3.26. The Morgan fingerprint density at radius 2 is 1.84 bits per heavy atom. The number of nitrogens with one attached hydrogen (secondary N) is 1. The minimum atomic E-state index is -3.27. The summed E-state index contributed by atoms with van der Waals surface area (Å²) >= 11 is 0. The summed E-state index contributed by atoms with van der Waals surface area (Å²) in [6.07, 6.45) is -1.81. The molecule has 0 aliphatic carbocycles. The van der Waals surface area contributed by atoms with Crippen LogP contribution < -0.4 is 5.32 Å². The second-order valence-electron chi connectivity index (χ2n) is 7.00. The van der Waals surface area contributed by atoms with E-state index in [1.165, 1.54) is 0 Å². The van der Waals surface area contributed by atoms with Crippen LogP contribution in [-0.2, 0) is 20.3 Å². The number of rotatable bonds is 7. The highest BCUT2D eigenvalue weighted by molar-refractivity contribution is 7.89. The van der Waals surface area contributed by atoms with Crippen molar-refractivity contribution in [2.45, 2.75) is 50.8 Å². The van der Waals surface area contributed by atoms with Gasteiger partial charge in [0.2, 0.25) is 0 Å². The van der Waals surface area contributed by atoms with Crippen LogP contribution in [0.4, 0.5) is 4.79 Å². The number of carbonyl (C=O) groups is 1. The number of benzene rings is 1. The highest BCUT2D eigenvalue weighted by Gasteiger charge is 2.23. The van der Waals surface area contributed by atoms with E-state index in [2.05, 4.69) is 5.32 Å².